The third-order valence-corrected chi connectivity index (χ3v) is 6.58. The molecule has 35 heavy (non-hydrogen) atoms. The number of carbonyl (C=O) groups is 1. The minimum atomic E-state index is -2.45. The Hall–Kier alpha value is -2.65. The van der Waals surface area contributed by atoms with E-state index in [1.54, 1.807) is 35.9 Å². The highest BCUT2D eigenvalue weighted by Crippen LogP contribution is 2.38. The molecule has 1 unspecified atom stereocenters. The van der Waals surface area contributed by atoms with Crippen LogP contribution in [0.25, 0.3) is 0 Å². The van der Waals surface area contributed by atoms with Gasteiger partial charge in [-0.3, -0.25) is 14.7 Å². The Morgan fingerprint density at radius 1 is 1.26 bits per heavy atom. The first-order chi connectivity index (χ1) is 16.7. The first kappa shape index (κ1) is 25.4. The predicted molar refractivity (Wildman–Crippen MR) is 125 cm³/mol. The number of alkyl halides is 2. The molecule has 2 fully saturated rings. The molecule has 0 aliphatic carbocycles. The zero-order valence-electron chi connectivity index (χ0n) is 20.3. The number of nitrogens with zero attached hydrogens (tertiary/aromatic N) is 3. The maximum atomic E-state index is 14.4. The number of piperidine rings is 1. The number of hydrogen-bond acceptors (Lipinski definition) is 5. The minimum Gasteiger partial charge on any atom is -0.488 e. The summed E-state index contributed by atoms with van der Waals surface area (Å²) in [7, 11) is 0. The molecule has 1 spiro atoms. The number of ether oxygens (including phenoxy) is 2. The fraction of sp³-hybridized carbons (Fsp3) is 0.538. The van der Waals surface area contributed by atoms with Crippen LogP contribution in [0.3, 0.4) is 0 Å². The highest BCUT2D eigenvalue weighted by molar-refractivity contribution is 5.94. The van der Waals surface area contributed by atoms with Crippen molar-refractivity contribution < 1.29 is 27.4 Å². The van der Waals surface area contributed by atoms with Gasteiger partial charge in [0.1, 0.15) is 6.10 Å². The summed E-state index contributed by atoms with van der Waals surface area (Å²) in [5.74, 6) is -0.739. The number of halogens is 3. The summed E-state index contributed by atoms with van der Waals surface area (Å²) in [4.78, 5) is 20.9. The zero-order chi connectivity index (χ0) is 25.2. The molecule has 1 amide bonds. The van der Waals surface area contributed by atoms with E-state index in [1.165, 1.54) is 12.1 Å². The third kappa shape index (κ3) is 5.95. The van der Waals surface area contributed by atoms with Crippen molar-refractivity contribution in [2.24, 2.45) is 0 Å². The number of carbonyl (C=O) groups excluding carboxylic acids is 1. The smallest absolute Gasteiger partial charge is 0.253 e. The Kier molecular flexibility index (Phi) is 7.66. The van der Waals surface area contributed by atoms with Crippen LogP contribution in [0.15, 0.2) is 36.5 Å². The maximum Gasteiger partial charge on any atom is 0.253 e. The number of morpholine rings is 1. The number of aryl methyl sites for hydroxylation is 1. The van der Waals surface area contributed by atoms with Gasteiger partial charge in [0.15, 0.2) is 11.6 Å². The zero-order valence-corrected chi connectivity index (χ0v) is 20.3. The van der Waals surface area contributed by atoms with E-state index in [4.69, 9.17) is 9.47 Å². The number of benzene rings is 1. The van der Waals surface area contributed by atoms with E-state index in [2.05, 4.69) is 4.98 Å². The third-order valence-electron chi connectivity index (χ3n) is 6.58. The molecular weight excluding hydrogens is 459 g/mol. The lowest BCUT2D eigenvalue weighted by molar-refractivity contribution is -0.181. The van der Waals surface area contributed by atoms with Crippen LogP contribution in [-0.4, -0.2) is 71.5 Å². The van der Waals surface area contributed by atoms with Gasteiger partial charge in [-0.2, -0.15) is 0 Å². The van der Waals surface area contributed by atoms with E-state index in [0.717, 1.165) is 11.3 Å². The van der Waals surface area contributed by atoms with Crippen LogP contribution in [-0.2, 0) is 4.74 Å². The molecule has 9 heteroatoms. The monoisotopic (exact) mass is 491 g/mol. The van der Waals surface area contributed by atoms with Gasteiger partial charge in [-0.25, -0.2) is 13.2 Å². The molecule has 0 saturated carbocycles. The summed E-state index contributed by atoms with van der Waals surface area (Å²) < 4.78 is 52.9. The summed E-state index contributed by atoms with van der Waals surface area (Å²) in [6, 6.07) is 8.01. The van der Waals surface area contributed by atoms with Crippen molar-refractivity contribution in [3.63, 3.8) is 0 Å². The summed E-state index contributed by atoms with van der Waals surface area (Å²) in [6.45, 7) is 6.70. The molecule has 1 aromatic heterocycles. The molecule has 3 heterocycles. The van der Waals surface area contributed by atoms with E-state index in [-0.39, 0.29) is 29.9 Å². The number of hydrogen-bond donors (Lipinski definition) is 0. The van der Waals surface area contributed by atoms with Crippen LogP contribution in [0, 0.1) is 12.7 Å². The number of pyridine rings is 1. The van der Waals surface area contributed by atoms with Gasteiger partial charge in [-0.1, -0.05) is 6.07 Å². The second kappa shape index (κ2) is 10.5. The second-order valence-electron chi connectivity index (χ2n) is 9.68. The van der Waals surface area contributed by atoms with E-state index in [9.17, 15) is 18.0 Å². The molecule has 190 valence electrons. The highest BCUT2D eigenvalue weighted by Gasteiger charge is 2.45. The van der Waals surface area contributed by atoms with Crippen LogP contribution < -0.4 is 4.74 Å². The molecule has 2 aromatic rings. The van der Waals surface area contributed by atoms with Gasteiger partial charge in [-0.15, -0.1) is 0 Å². The van der Waals surface area contributed by atoms with Crippen molar-refractivity contribution in [1.82, 2.24) is 14.8 Å². The van der Waals surface area contributed by atoms with Gasteiger partial charge in [0, 0.05) is 37.9 Å². The van der Waals surface area contributed by atoms with Crippen LogP contribution in [0.2, 0.25) is 0 Å². The molecule has 1 aromatic carbocycles. The Morgan fingerprint density at radius 3 is 2.63 bits per heavy atom. The molecule has 2 aliphatic heterocycles. The SMILES string of the molecule is Cc1cccnc1C1CN(CC(F)F)CC2(CCN(C(=O)c3ccc(OC(C)C)c(F)c3)CC2)O1. The molecule has 0 bridgehead atoms. The standard InChI is InChI=1S/C26H32F3N3O3/c1-17(2)34-21-7-6-19(13-20(21)27)25(33)32-11-8-26(9-12-32)16-31(15-23(28)29)14-22(35-26)24-18(3)5-4-10-30-24/h4-7,10,13,17,22-23H,8-9,11-12,14-16H2,1-3H3. The Labute approximate surface area is 204 Å². The lowest BCUT2D eigenvalue weighted by atomic mass is 9.87. The first-order valence-electron chi connectivity index (χ1n) is 12.0. The molecule has 2 saturated heterocycles. The van der Waals surface area contributed by atoms with Crippen molar-refractivity contribution in [3.8, 4) is 5.75 Å². The molecule has 1 atom stereocenters. The van der Waals surface area contributed by atoms with E-state index in [1.807, 2.05) is 19.1 Å². The summed E-state index contributed by atoms with van der Waals surface area (Å²) in [5.41, 5.74) is 1.30. The van der Waals surface area contributed by atoms with Gasteiger partial charge in [-0.05, 0) is 63.4 Å². The number of amides is 1. The second-order valence-corrected chi connectivity index (χ2v) is 9.68. The average molecular weight is 492 g/mol. The molecule has 0 N–H and O–H groups in total. The number of aromatic nitrogens is 1. The van der Waals surface area contributed by atoms with E-state index < -0.39 is 23.9 Å². The van der Waals surface area contributed by atoms with Crippen LogP contribution in [0.1, 0.15) is 54.4 Å². The average Bonchev–Trinajstić information content (AvgIpc) is 2.80. The Morgan fingerprint density at radius 2 is 2.00 bits per heavy atom. The van der Waals surface area contributed by atoms with Crippen LogP contribution in [0.4, 0.5) is 13.2 Å². The topological polar surface area (TPSA) is 54.9 Å². The van der Waals surface area contributed by atoms with Crippen LogP contribution in [0.5, 0.6) is 5.75 Å². The largest absolute Gasteiger partial charge is 0.488 e. The minimum absolute atomic E-state index is 0.111. The number of likely N-dealkylation sites (tertiary alicyclic amines) is 1. The molecule has 6 nitrogen and oxygen atoms in total. The van der Waals surface area contributed by atoms with Gasteiger partial charge in [0.05, 0.1) is 23.9 Å². The van der Waals surface area contributed by atoms with Gasteiger partial charge in [0.25, 0.3) is 12.3 Å². The Bertz CT molecular complexity index is 1040. The highest BCUT2D eigenvalue weighted by atomic mass is 19.3. The van der Waals surface area contributed by atoms with Crippen molar-refractivity contribution in [1.29, 1.82) is 0 Å². The van der Waals surface area contributed by atoms with Gasteiger partial charge < -0.3 is 14.4 Å². The fourth-order valence-electron chi connectivity index (χ4n) is 4.95. The summed E-state index contributed by atoms with van der Waals surface area (Å²) >= 11 is 0. The van der Waals surface area contributed by atoms with Crippen molar-refractivity contribution in [2.75, 3.05) is 32.7 Å². The molecule has 2 aliphatic rings. The maximum absolute atomic E-state index is 14.4. The predicted octanol–water partition coefficient (Wildman–Crippen LogP) is 4.63. The quantitative estimate of drug-likeness (QED) is 0.590. The van der Waals surface area contributed by atoms with E-state index >= 15 is 0 Å². The number of rotatable bonds is 6. The normalized spacial score (nSPS) is 20.6. The van der Waals surface area contributed by atoms with Crippen molar-refractivity contribution in [2.45, 2.75) is 57.8 Å². The van der Waals surface area contributed by atoms with Gasteiger partial charge in [0.2, 0.25) is 0 Å². The van der Waals surface area contributed by atoms with Crippen molar-refractivity contribution >= 4 is 5.91 Å². The van der Waals surface area contributed by atoms with Gasteiger partial charge >= 0.3 is 0 Å². The molecule has 0 radical (unpaired) electrons. The lowest BCUT2D eigenvalue weighted by Gasteiger charge is -2.50. The van der Waals surface area contributed by atoms with Crippen molar-refractivity contribution in [3.05, 3.63) is 59.2 Å². The summed E-state index contributed by atoms with van der Waals surface area (Å²) in [6.07, 6.45) is -0.371. The molecular formula is C26H32F3N3O3. The lowest BCUT2D eigenvalue weighted by Crippen LogP contribution is -2.58. The molecule has 4 rings (SSSR count). The van der Waals surface area contributed by atoms with E-state index in [0.29, 0.717) is 39.0 Å². The fourth-order valence-corrected chi connectivity index (χ4v) is 4.95. The first-order valence-corrected chi connectivity index (χ1v) is 12.0. The summed E-state index contributed by atoms with van der Waals surface area (Å²) in [5, 5.41) is 0. The Balaban J connectivity index is 1.47. The van der Waals surface area contributed by atoms with Crippen LogP contribution >= 0.6 is 0 Å².